The number of alkyl halides is 4. The van der Waals surface area contributed by atoms with Gasteiger partial charge >= 0.3 is 12.4 Å². The molecule has 0 saturated carbocycles. The molecule has 6 heteroatoms. The first-order valence-electron chi connectivity index (χ1n) is 5.31. The van der Waals surface area contributed by atoms with E-state index in [1.165, 1.54) is 6.07 Å². The highest BCUT2D eigenvalue weighted by molar-refractivity contribution is 5.42. The molecule has 0 amide bonds. The minimum Gasteiger partial charge on any atom is -0.409 e. The molecule has 2 rings (SSSR count). The summed E-state index contributed by atoms with van der Waals surface area (Å²) in [4.78, 5) is 0. The lowest BCUT2D eigenvalue weighted by molar-refractivity contribution is -0.461. The van der Waals surface area contributed by atoms with Crippen LogP contribution >= 0.6 is 0 Å². The van der Waals surface area contributed by atoms with Gasteiger partial charge in [-0.2, -0.15) is 8.78 Å². The molecule has 1 heterocycles. The second-order valence-corrected chi connectivity index (χ2v) is 5.15. The van der Waals surface area contributed by atoms with Gasteiger partial charge in [-0.1, -0.05) is 26.8 Å². The second kappa shape index (κ2) is 3.60. The second-order valence-electron chi connectivity index (χ2n) is 5.15. The molecule has 1 aromatic carbocycles. The molecule has 1 aliphatic heterocycles. The van der Waals surface area contributed by atoms with E-state index in [-0.39, 0.29) is 5.41 Å². The third-order valence-electron chi connectivity index (χ3n) is 2.63. The molecule has 18 heavy (non-hydrogen) atoms. The SMILES string of the molecule is CC(C)(C)c1ccc2c(c1)C(F)(F)OC(F)(F)O2. The predicted molar refractivity (Wildman–Crippen MR) is 55.7 cm³/mol. The first-order chi connectivity index (χ1) is 8.01. The zero-order valence-corrected chi connectivity index (χ0v) is 10.1. The van der Waals surface area contributed by atoms with Crippen molar-refractivity contribution in [3.63, 3.8) is 0 Å². The van der Waals surface area contributed by atoms with Crippen LogP contribution in [-0.4, -0.2) is 6.29 Å². The van der Waals surface area contributed by atoms with Crippen LogP contribution in [-0.2, 0) is 16.3 Å². The Morgan fingerprint density at radius 2 is 1.67 bits per heavy atom. The molecule has 1 aromatic rings. The summed E-state index contributed by atoms with van der Waals surface area (Å²) in [6, 6.07) is 3.72. The standard InChI is InChI=1S/C12H12F4O2/c1-10(2,3)7-4-5-9-8(6-7)11(13,14)18-12(15,16)17-9/h4-6H,1-3H3. The summed E-state index contributed by atoms with van der Waals surface area (Å²) in [5.41, 5.74) is -0.482. The summed E-state index contributed by atoms with van der Waals surface area (Å²) >= 11 is 0. The quantitative estimate of drug-likeness (QED) is 0.659. The van der Waals surface area contributed by atoms with Gasteiger partial charge in [-0.3, -0.25) is 0 Å². The average molecular weight is 264 g/mol. The summed E-state index contributed by atoms with van der Waals surface area (Å²) < 4.78 is 60.0. The Balaban J connectivity index is 2.54. The Hall–Kier alpha value is -1.30. The fourth-order valence-corrected chi connectivity index (χ4v) is 1.67. The van der Waals surface area contributed by atoms with Crippen molar-refractivity contribution in [1.82, 2.24) is 0 Å². The summed E-state index contributed by atoms with van der Waals surface area (Å²) in [6.07, 6.45) is -8.39. The van der Waals surface area contributed by atoms with Gasteiger partial charge in [0.2, 0.25) is 0 Å². The molecule has 100 valence electrons. The normalized spacial score (nSPS) is 21.1. The summed E-state index contributed by atoms with van der Waals surface area (Å²) in [5.74, 6) is -0.566. The molecular weight excluding hydrogens is 252 g/mol. The number of halogens is 4. The van der Waals surface area contributed by atoms with Crippen LogP contribution in [0.1, 0.15) is 31.9 Å². The first kappa shape index (κ1) is 13.1. The van der Waals surface area contributed by atoms with Gasteiger partial charge in [-0.25, -0.2) is 4.74 Å². The monoisotopic (exact) mass is 264 g/mol. The molecule has 0 aliphatic carbocycles. The highest BCUT2D eigenvalue weighted by Crippen LogP contribution is 2.47. The largest absolute Gasteiger partial charge is 0.540 e. The van der Waals surface area contributed by atoms with Gasteiger partial charge in [0.15, 0.2) is 0 Å². The van der Waals surface area contributed by atoms with Crippen molar-refractivity contribution in [2.45, 2.75) is 38.6 Å². The molecule has 0 bridgehead atoms. The Morgan fingerprint density at radius 1 is 1.06 bits per heavy atom. The zero-order valence-electron chi connectivity index (χ0n) is 10.1. The smallest absolute Gasteiger partial charge is 0.409 e. The van der Waals surface area contributed by atoms with Gasteiger partial charge < -0.3 is 4.74 Å². The highest BCUT2D eigenvalue weighted by atomic mass is 19.3. The molecule has 0 fully saturated rings. The number of hydrogen-bond acceptors (Lipinski definition) is 2. The van der Waals surface area contributed by atoms with E-state index in [9.17, 15) is 17.6 Å². The zero-order chi connectivity index (χ0) is 13.8. The van der Waals surface area contributed by atoms with E-state index in [0.29, 0.717) is 5.56 Å². The molecule has 0 aromatic heterocycles. The Bertz CT molecular complexity index is 477. The van der Waals surface area contributed by atoms with Crippen LogP contribution < -0.4 is 4.74 Å². The van der Waals surface area contributed by atoms with Crippen molar-refractivity contribution >= 4 is 0 Å². The number of benzene rings is 1. The van der Waals surface area contributed by atoms with E-state index in [1.54, 1.807) is 0 Å². The molecular formula is C12H12F4O2. The van der Waals surface area contributed by atoms with E-state index in [4.69, 9.17) is 0 Å². The molecule has 1 aliphatic rings. The van der Waals surface area contributed by atoms with Crippen molar-refractivity contribution in [3.8, 4) is 5.75 Å². The van der Waals surface area contributed by atoms with E-state index in [2.05, 4.69) is 9.47 Å². The topological polar surface area (TPSA) is 18.5 Å². The number of fused-ring (bicyclic) bond motifs is 1. The van der Waals surface area contributed by atoms with Crippen LogP contribution in [0.3, 0.4) is 0 Å². The lowest BCUT2D eigenvalue weighted by Gasteiger charge is -2.31. The lowest BCUT2D eigenvalue weighted by atomic mass is 9.86. The van der Waals surface area contributed by atoms with Gasteiger partial charge in [0, 0.05) is 0 Å². The van der Waals surface area contributed by atoms with Crippen LogP contribution in [0, 0.1) is 0 Å². The van der Waals surface area contributed by atoms with Crippen LogP contribution in [0.2, 0.25) is 0 Å². The van der Waals surface area contributed by atoms with Crippen molar-refractivity contribution in [1.29, 1.82) is 0 Å². The van der Waals surface area contributed by atoms with Gasteiger partial charge in [0.05, 0.1) is 5.56 Å². The summed E-state index contributed by atoms with van der Waals surface area (Å²) in [6.45, 7) is 5.48. The number of rotatable bonds is 0. The minimum absolute atomic E-state index is 0.384. The molecule has 0 unspecified atom stereocenters. The van der Waals surface area contributed by atoms with Gasteiger partial charge in [-0.15, -0.1) is 8.78 Å². The number of ether oxygens (including phenoxy) is 2. The maximum absolute atomic E-state index is 13.5. The van der Waals surface area contributed by atoms with Crippen LogP contribution in [0.15, 0.2) is 18.2 Å². The highest BCUT2D eigenvalue weighted by Gasteiger charge is 2.54. The molecule has 0 spiro atoms. The fraction of sp³-hybridized carbons (Fsp3) is 0.500. The molecule has 0 radical (unpaired) electrons. The Kier molecular flexibility index (Phi) is 2.63. The Labute approximate surface area is 102 Å². The van der Waals surface area contributed by atoms with Crippen molar-refractivity contribution in [3.05, 3.63) is 29.3 Å². The third kappa shape index (κ3) is 2.29. The van der Waals surface area contributed by atoms with E-state index in [0.717, 1.165) is 12.1 Å². The van der Waals surface area contributed by atoms with Crippen LogP contribution in [0.4, 0.5) is 17.6 Å². The van der Waals surface area contributed by atoms with Crippen LogP contribution in [0.25, 0.3) is 0 Å². The third-order valence-corrected chi connectivity index (χ3v) is 2.63. The minimum atomic E-state index is -4.32. The average Bonchev–Trinajstić information content (AvgIpc) is 2.12. The summed E-state index contributed by atoms with van der Waals surface area (Å²) in [5, 5.41) is 0. The predicted octanol–water partition coefficient (Wildman–Crippen LogP) is 3.99. The lowest BCUT2D eigenvalue weighted by Crippen LogP contribution is -2.41. The van der Waals surface area contributed by atoms with Crippen LogP contribution in [0.5, 0.6) is 5.75 Å². The summed E-state index contributed by atoms with van der Waals surface area (Å²) in [7, 11) is 0. The number of hydrogen-bond donors (Lipinski definition) is 0. The molecule has 0 saturated heterocycles. The molecule has 0 N–H and O–H groups in total. The van der Waals surface area contributed by atoms with E-state index in [1.807, 2.05) is 20.8 Å². The van der Waals surface area contributed by atoms with Gasteiger partial charge in [0.25, 0.3) is 0 Å². The van der Waals surface area contributed by atoms with Gasteiger partial charge in [0.1, 0.15) is 5.75 Å². The maximum atomic E-state index is 13.5. The molecule has 2 nitrogen and oxygen atoms in total. The fourth-order valence-electron chi connectivity index (χ4n) is 1.67. The maximum Gasteiger partial charge on any atom is 0.540 e. The first-order valence-corrected chi connectivity index (χ1v) is 5.31. The molecule has 0 atom stereocenters. The van der Waals surface area contributed by atoms with E-state index >= 15 is 0 Å². The van der Waals surface area contributed by atoms with E-state index < -0.39 is 23.7 Å². The van der Waals surface area contributed by atoms with Crippen molar-refractivity contribution in [2.24, 2.45) is 0 Å². The van der Waals surface area contributed by atoms with Crippen molar-refractivity contribution in [2.75, 3.05) is 0 Å². The van der Waals surface area contributed by atoms with Crippen molar-refractivity contribution < 1.29 is 27.0 Å². The van der Waals surface area contributed by atoms with Gasteiger partial charge in [-0.05, 0) is 23.1 Å². The Morgan fingerprint density at radius 3 is 2.22 bits per heavy atom.